The predicted molar refractivity (Wildman–Crippen MR) is 90.0 cm³/mol. The van der Waals surface area contributed by atoms with Crippen molar-refractivity contribution in [1.82, 2.24) is 5.32 Å². The molecule has 3 nitrogen and oxygen atoms in total. The second kappa shape index (κ2) is 7.66. The van der Waals surface area contributed by atoms with Gasteiger partial charge in [-0.05, 0) is 48.4 Å². The van der Waals surface area contributed by atoms with Crippen LogP contribution in [0, 0.1) is 0 Å². The quantitative estimate of drug-likeness (QED) is 0.838. The van der Waals surface area contributed by atoms with Gasteiger partial charge in [-0.1, -0.05) is 35.9 Å². The molecular weight excluding hydrogens is 298 g/mol. The number of halogens is 1. The Morgan fingerprint density at radius 1 is 1.23 bits per heavy atom. The third kappa shape index (κ3) is 4.64. The Balaban J connectivity index is 1.95. The van der Waals surface area contributed by atoms with Crippen molar-refractivity contribution in [3.63, 3.8) is 0 Å². The lowest BCUT2D eigenvalue weighted by Gasteiger charge is -2.13. The standard InChI is InChI=1S/C18H18ClNO2/c1-13(15-4-3-5-16(19)12-15)20-18(21)11-8-14-6-9-17(22-2)10-7-14/h3-13H,1-2H3,(H,20,21)/b11-8+/t13-/m0/s1. The molecule has 0 spiro atoms. The van der Waals surface area contributed by atoms with E-state index in [1.165, 1.54) is 6.08 Å². The highest BCUT2D eigenvalue weighted by molar-refractivity contribution is 6.30. The molecule has 2 rings (SSSR count). The molecule has 4 heteroatoms. The Kier molecular flexibility index (Phi) is 5.61. The molecule has 114 valence electrons. The number of amides is 1. The monoisotopic (exact) mass is 315 g/mol. The molecule has 0 aliphatic rings. The van der Waals surface area contributed by atoms with Gasteiger partial charge >= 0.3 is 0 Å². The van der Waals surface area contributed by atoms with E-state index in [0.29, 0.717) is 5.02 Å². The zero-order chi connectivity index (χ0) is 15.9. The molecule has 1 N–H and O–H groups in total. The number of methoxy groups -OCH3 is 1. The molecule has 0 radical (unpaired) electrons. The predicted octanol–water partition coefficient (Wildman–Crippen LogP) is 4.24. The van der Waals surface area contributed by atoms with Crippen LogP contribution in [0.5, 0.6) is 5.75 Å². The van der Waals surface area contributed by atoms with Gasteiger partial charge in [-0.15, -0.1) is 0 Å². The second-order valence-electron chi connectivity index (χ2n) is 4.89. The maximum atomic E-state index is 12.0. The SMILES string of the molecule is COc1ccc(/C=C/C(=O)N[C@@H](C)c2cccc(Cl)c2)cc1. The summed E-state index contributed by atoms with van der Waals surface area (Å²) in [5.74, 6) is 0.638. The van der Waals surface area contributed by atoms with Crippen molar-refractivity contribution >= 4 is 23.6 Å². The van der Waals surface area contributed by atoms with Crippen LogP contribution in [0.15, 0.2) is 54.6 Å². The van der Waals surface area contributed by atoms with Crippen molar-refractivity contribution < 1.29 is 9.53 Å². The van der Waals surface area contributed by atoms with Gasteiger partial charge in [0.1, 0.15) is 5.75 Å². The van der Waals surface area contributed by atoms with Gasteiger partial charge in [-0.2, -0.15) is 0 Å². The van der Waals surface area contributed by atoms with E-state index in [1.54, 1.807) is 13.2 Å². The van der Waals surface area contributed by atoms with E-state index in [9.17, 15) is 4.79 Å². The normalized spacial score (nSPS) is 12.1. The number of nitrogens with one attached hydrogen (secondary N) is 1. The van der Waals surface area contributed by atoms with Crippen LogP contribution in [-0.4, -0.2) is 13.0 Å². The maximum Gasteiger partial charge on any atom is 0.244 e. The van der Waals surface area contributed by atoms with E-state index in [4.69, 9.17) is 16.3 Å². The Labute approximate surface area is 135 Å². The summed E-state index contributed by atoms with van der Waals surface area (Å²) >= 11 is 5.95. The minimum atomic E-state index is -0.150. The van der Waals surface area contributed by atoms with Crippen LogP contribution in [0.25, 0.3) is 6.08 Å². The van der Waals surface area contributed by atoms with Crippen molar-refractivity contribution in [2.45, 2.75) is 13.0 Å². The summed E-state index contributed by atoms with van der Waals surface area (Å²) in [5.41, 5.74) is 1.91. The van der Waals surface area contributed by atoms with E-state index in [2.05, 4.69) is 5.32 Å². The average molecular weight is 316 g/mol. The molecular formula is C18H18ClNO2. The minimum absolute atomic E-state index is 0.105. The van der Waals surface area contributed by atoms with Gasteiger partial charge in [-0.3, -0.25) is 4.79 Å². The molecule has 0 saturated heterocycles. The number of ether oxygens (including phenoxy) is 1. The Morgan fingerprint density at radius 3 is 2.59 bits per heavy atom. The number of hydrogen-bond donors (Lipinski definition) is 1. The molecule has 0 heterocycles. The third-order valence-electron chi connectivity index (χ3n) is 3.25. The average Bonchev–Trinajstić information content (AvgIpc) is 2.53. The Bertz CT molecular complexity index is 665. The molecule has 0 saturated carbocycles. The molecule has 22 heavy (non-hydrogen) atoms. The lowest BCUT2D eigenvalue weighted by Crippen LogP contribution is -2.24. The van der Waals surface area contributed by atoms with Gasteiger partial charge in [0.15, 0.2) is 0 Å². The summed E-state index contributed by atoms with van der Waals surface area (Å²) in [6.07, 6.45) is 3.28. The first-order valence-electron chi connectivity index (χ1n) is 6.96. The van der Waals surface area contributed by atoms with Gasteiger partial charge in [0.05, 0.1) is 13.2 Å². The van der Waals surface area contributed by atoms with E-state index in [0.717, 1.165) is 16.9 Å². The molecule has 0 aliphatic heterocycles. The van der Waals surface area contributed by atoms with Gasteiger partial charge in [0, 0.05) is 11.1 Å². The van der Waals surface area contributed by atoms with E-state index in [-0.39, 0.29) is 11.9 Å². The fourth-order valence-corrected chi connectivity index (χ4v) is 2.21. The first-order valence-corrected chi connectivity index (χ1v) is 7.34. The smallest absolute Gasteiger partial charge is 0.244 e. The number of hydrogen-bond acceptors (Lipinski definition) is 2. The van der Waals surface area contributed by atoms with Gasteiger partial charge in [0.2, 0.25) is 5.91 Å². The number of benzene rings is 2. The first-order chi connectivity index (χ1) is 10.6. The largest absolute Gasteiger partial charge is 0.497 e. The number of rotatable bonds is 5. The van der Waals surface area contributed by atoms with E-state index >= 15 is 0 Å². The Morgan fingerprint density at radius 2 is 1.95 bits per heavy atom. The van der Waals surface area contributed by atoms with Crippen LogP contribution in [0.1, 0.15) is 24.1 Å². The van der Waals surface area contributed by atoms with Crippen LogP contribution in [0.2, 0.25) is 5.02 Å². The fourth-order valence-electron chi connectivity index (χ4n) is 2.01. The van der Waals surface area contributed by atoms with Crippen LogP contribution < -0.4 is 10.1 Å². The fraction of sp³-hybridized carbons (Fsp3) is 0.167. The van der Waals surface area contributed by atoms with Crippen molar-refractivity contribution in [3.8, 4) is 5.75 Å². The highest BCUT2D eigenvalue weighted by Crippen LogP contribution is 2.17. The van der Waals surface area contributed by atoms with Gasteiger partial charge < -0.3 is 10.1 Å². The maximum absolute atomic E-state index is 12.0. The lowest BCUT2D eigenvalue weighted by atomic mass is 10.1. The Hall–Kier alpha value is -2.26. The second-order valence-corrected chi connectivity index (χ2v) is 5.33. The molecule has 2 aromatic carbocycles. The number of carbonyl (C=O) groups is 1. The van der Waals surface area contributed by atoms with Crippen molar-refractivity contribution in [1.29, 1.82) is 0 Å². The molecule has 0 bridgehead atoms. The summed E-state index contributed by atoms with van der Waals surface area (Å²) in [6, 6.07) is 14.8. The minimum Gasteiger partial charge on any atom is -0.497 e. The lowest BCUT2D eigenvalue weighted by molar-refractivity contribution is -0.117. The highest BCUT2D eigenvalue weighted by Gasteiger charge is 2.07. The third-order valence-corrected chi connectivity index (χ3v) is 3.49. The van der Waals surface area contributed by atoms with Crippen molar-refractivity contribution in [3.05, 3.63) is 70.8 Å². The zero-order valence-electron chi connectivity index (χ0n) is 12.5. The summed E-state index contributed by atoms with van der Waals surface area (Å²) in [4.78, 5) is 12.0. The molecule has 0 aromatic heterocycles. The number of carbonyl (C=O) groups excluding carboxylic acids is 1. The van der Waals surface area contributed by atoms with Crippen molar-refractivity contribution in [2.75, 3.05) is 7.11 Å². The summed E-state index contributed by atoms with van der Waals surface area (Å²) < 4.78 is 5.09. The van der Waals surface area contributed by atoms with Crippen molar-refractivity contribution in [2.24, 2.45) is 0 Å². The molecule has 0 fully saturated rings. The van der Waals surface area contributed by atoms with Crippen LogP contribution in [0.4, 0.5) is 0 Å². The molecule has 0 aliphatic carbocycles. The van der Waals surface area contributed by atoms with E-state index < -0.39 is 0 Å². The summed E-state index contributed by atoms with van der Waals surface area (Å²) in [5, 5.41) is 3.57. The molecule has 2 aromatic rings. The van der Waals surface area contributed by atoms with Crippen LogP contribution in [-0.2, 0) is 4.79 Å². The zero-order valence-corrected chi connectivity index (χ0v) is 13.3. The topological polar surface area (TPSA) is 38.3 Å². The van der Waals surface area contributed by atoms with Crippen LogP contribution >= 0.6 is 11.6 Å². The highest BCUT2D eigenvalue weighted by atomic mass is 35.5. The van der Waals surface area contributed by atoms with Crippen LogP contribution in [0.3, 0.4) is 0 Å². The molecule has 0 unspecified atom stereocenters. The summed E-state index contributed by atoms with van der Waals surface area (Å²) in [6.45, 7) is 1.92. The summed E-state index contributed by atoms with van der Waals surface area (Å²) in [7, 11) is 1.62. The molecule has 1 amide bonds. The van der Waals surface area contributed by atoms with E-state index in [1.807, 2.05) is 55.5 Å². The first kappa shape index (κ1) is 16.1. The van der Waals surface area contributed by atoms with Gasteiger partial charge in [0.25, 0.3) is 0 Å². The molecule has 1 atom stereocenters. The van der Waals surface area contributed by atoms with Gasteiger partial charge in [-0.25, -0.2) is 0 Å².